The standard InChI is InChI=1S/C20H29NO4S/c1-6-25-19(23)13-21(17-10-8-7-9-11-17)20(24)18(12-14(2)3)15(4)26-16(5)22/h7-11,14-15,18H,6,12-13H2,1-5H3. The largest absolute Gasteiger partial charge is 0.465 e. The van der Waals surface area contributed by atoms with Gasteiger partial charge < -0.3 is 9.64 Å². The van der Waals surface area contributed by atoms with Crippen molar-refractivity contribution in [2.24, 2.45) is 11.8 Å². The van der Waals surface area contributed by atoms with Crippen molar-refractivity contribution >= 4 is 34.4 Å². The van der Waals surface area contributed by atoms with Crippen molar-refractivity contribution in [1.29, 1.82) is 0 Å². The second-order valence-electron chi connectivity index (χ2n) is 6.62. The van der Waals surface area contributed by atoms with Gasteiger partial charge in [-0.05, 0) is 31.4 Å². The molecular weight excluding hydrogens is 350 g/mol. The first-order valence-corrected chi connectivity index (χ1v) is 9.83. The lowest BCUT2D eigenvalue weighted by Crippen LogP contribution is -2.43. The highest BCUT2D eigenvalue weighted by molar-refractivity contribution is 8.14. The van der Waals surface area contributed by atoms with E-state index in [1.165, 1.54) is 23.6 Å². The molecule has 0 saturated carbocycles. The first-order chi connectivity index (χ1) is 12.3. The molecule has 0 heterocycles. The molecule has 0 aliphatic rings. The smallest absolute Gasteiger partial charge is 0.326 e. The number of carbonyl (C=O) groups excluding carboxylic acids is 3. The van der Waals surface area contributed by atoms with Crippen LogP contribution in [0.2, 0.25) is 0 Å². The first-order valence-electron chi connectivity index (χ1n) is 8.95. The van der Waals surface area contributed by atoms with E-state index >= 15 is 0 Å². The Balaban J connectivity index is 3.15. The van der Waals surface area contributed by atoms with Crippen LogP contribution in [0.15, 0.2) is 30.3 Å². The Bertz CT molecular complexity index is 603. The van der Waals surface area contributed by atoms with Gasteiger partial charge in [-0.25, -0.2) is 0 Å². The van der Waals surface area contributed by atoms with E-state index in [4.69, 9.17) is 4.74 Å². The molecular formula is C20H29NO4S. The molecule has 1 aromatic rings. The molecule has 144 valence electrons. The van der Waals surface area contributed by atoms with Gasteiger partial charge in [0.2, 0.25) is 5.91 Å². The van der Waals surface area contributed by atoms with Crippen LogP contribution in [0.5, 0.6) is 0 Å². The minimum absolute atomic E-state index is 0.0179. The van der Waals surface area contributed by atoms with E-state index in [0.29, 0.717) is 18.0 Å². The highest BCUT2D eigenvalue weighted by atomic mass is 32.2. The van der Waals surface area contributed by atoms with Crippen molar-refractivity contribution in [2.75, 3.05) is 18.1 Å². The molecule has 2 atom stereocenters. The number of hydrogen-bond acceptors (Lipinski definition) is 5. The summed E-state index contributed by atoms with van der Waals surface area (Å²) in [6.45, 7) is 9.35. The number of ether oxygens (including phenoxy) is 1. The summed E-state index contributed by atoms with van der Waals surface area (Å²) in [6.07, 6.45) is 0.645. The Morgan fingerprint density at radius 3 is 2.23 bits per heavy atom. The third-order valence-electron chi connectivity index (χ3n) is 3.89. The maximum absolute atomic E-state index is 13.3. The first kappa shape index (κ1) is 22.2. The number of rotatable bonds is 9. The van der Waals surface area contributed by atoms with Gasteiger partial charge in [-0.2, -0.15) is 0 Å². The van der Waals surface area contributed by atoms with Gasteiger partial charge in [0.1, 0.15) is 6.54 Å². The molecule has 0 aromatic heterocycles. The van der Waals surface area contributed by atoms with E-state index in [1.54, 1.807) is 19.1 Å². The molecule has 0 aliphatic carbocycles. The summed E-state index contributed by atoms with van der Waals surface area (Å²) in [5.41, 5.74) is 0.652. The molecule has 0 fully saturated rings. The summed E-state index contributed by atoms with van der Waals surface area (Å²) < 4.78 is 5.04. The van der Waals surface area contributed by atoms with Crippen LogP contribution in [0.3, 0.4) is 0 Å². The average molecular weight is 380 g/mol. The average Bonchev–Trinajstić information content (AvgIpc) is 2.57. The highest BCUT2D eigenvalue weighted by Crippen LogP contribution is 2.29. The number of carbonyl (C=O) groups is 3. The van der Waals surface area contributed by atoms with Crippen molar-refractivity contribution in [3.63, 3.8) is 0 Å². The van der Waals surface area contributed by atoms with Gasteiger partial charge in [-0.1, -0.05) is 50.7 Å². The maximum Gasteiger partial charge on any atom is 0.326 e. The van der Waals surface area contributed by atoms with Crippen molar-refractivity contribution in [3.05, 3.63) is 30.3 Å². The zero-order valence-corrected chi connectivity index (χ0v) is 17.0. The molecule has 1 rings (SSSR count). The number of amides is 1. The lowest BCUT2D eigenvalue weighted by atomic mass is 9.92. The second-order valence-corrected chi connectivity index (χ2v) is 8.17. The van der Waals surface area contributed by atoms with Gasteiger partial charge in [-0.3, -0.25) is 14.4 Å². The van der Waals surface area contributed by atoms with Crippen LogP contribution >= 0.6 is 11.8 Å². The molecule has 0 aliphatic heterocycles. The van der Waals surface area contributed by atoms with Crippen LogP contribution in [0.25, 0.3) is 0 Å². The Morgan fingerprint density at radius 2 is 1.73 bits per heavy atom. The van der Waals surface area contributed by atoms with E-state index in [-0.39, 0.29) is 35.3 Å². The van der Waals surface area contributed by atoms with Gasteiger partial charge in [0.25, 0.3) is 0 Å². The van der Waals surface area contributed by atoms with E-state index in [0.717, 1.165) is 0 Å². The lowest BCUT2D eigenvalue weighted by molar-refractivity contribution is -0.142. The molecule has 5 nitrogen and oxygen atoms in total. The Morgan fingerprint density at radius 1 is 1.12 bits per heavy atom. The van der Waals surface area contributed by atoms with Gasteiger partial charge in [-0.15, -0.1) is 0 Å². The zero-order chi connectivity index (χ0) is 19.7. The third kappa shape index (κ3) is 7.20. The SMILES string of the molecule is CCOC(=O)CN(C(=O)C(CC(C)C)C(C)SC(C)=O)c1ccccc1. The van der Waals surface area contributed by atoms with Gasteiger partial charge in [0.15, 0.2) is 5.12 Å². The van der Waals surface area contributed by atoms with E-state index < -0.39 is 5.97 Å². The summed E-state index contributed by atoms with van der Waals surface area (Å²) in [7, 11) is 0. The topological polar surface area (TPSA) is 63.7 Å². The summed E-state index contributed by atoms with van der Waals surface area (Å²) in [4.78, 5) is 38.4. The number of nitrogens with zero attached hydrogens (tertiary/aromatic N) is 1. The molecule has 26 heavy (non-hydrogen) atoms. The van der Waals surface area contributed by atoms with Crippen LogP contribution in [0, 0.1) is 11.8 Å². The van der Waals surface area contributed by atoms with Crippen LogP contribution in [-0.2, 0) is 19.1 Å². The monoisotopic (exact) mass is 379 g/mol. The van der Waals surface area contributed by atoms with Gasteiger partial charge >= 0.3 is 5.97 Å². The number of hydrogen-bond donors (Lipinski definition) is 0. The van der Waals surface area contributed by atoms with E-state index in [9.17, 15) is 14.4 Å². The molecule has 1 amide bonds. The fraction of sp³-hybridized carbons (Fsp3) is 0.550. The van der Waals surface area contributed by atoms with Crippen LogP contribution in [0.1, 0.15) is 41.0 Å². The molecule has 2 unspecified atom stereocenters. The minimum atomic E-state index is -0.445. The second kappa shape index (κ2) is 11.0. The Labute approximate surface area is 160 Å². The number of para-hydroxylation sites is 1. The van der Waals surface area contributed by atoms with Crippen LogP contribution in [0.4, 0.5) is 5.69 Å². The molecule has 1 aromatic carbocycles. The molecule has 0 radical (unpaired) electrons. The van der Waals surface area contributed by atoms with Crippen molar-refractivity contribution < 1.29 is 19.1 Å². The maximum atomic E-state index is 13.3. The fourth-order valence-electron chi connectivity index (χ4n) is 2.79. The number of thioether (sulfide) groups is 1. The minimum Gasteiger partial charge on any atom is -0.465 e. The summed E-state index contributed by atoms with van der Waals surface area (Å²) in [5, 5.41) is -0.188. The predicted octanol–water partition coefficient (Wildman–Crippen LogP) is 3.91. The molecule has 0 bridgehead atoms. The lowest BCUT2D eigenvalue weighted by Gasteiger charge is -2.30. The van der Waals surface area contributed by atoms with Crippen molar-refractivity contribution in [1.82, 2.24) is 0 Å². The van der Waals surface area contributed by atoms with E-state index in [1.807, 2.05) is 39.0 Å². The van der Waals surface area contributed by atoms with Gasteiger partial charge in [0, 0.05) is 17.9 Å². The van der Waals surface area contributed by atoms with Crippen LogP contribution < -0.4 is 4.90 Å². The fourth-order valence-corrected chi connectivity index (χ4v) is 3.70. The Hall–Kier alpha value is -1.82. The van der Waals surface area contributed by atoms with Crippen molar-refractivity contribution in [2.45, 2.75) is 46.3 Å². The molecule has 0 saturated heterocycles. The Kier molecular flexibility index (Phi) is 9.41. The third-order valence-corrected chi connectivity index (χ3v) is 4.92. The summed E-state index contributed by atoms with van der Waals surface area (Å²) in [5.74, 6) is -0.670. The molecule has 0 N–H and O–H groups in total. The quantitative estimate of drug-likeness (QED) is 0.609. The molecule has 6 heteroatoms. The highest BCUT2D eigenvalue weighted by Gasteiger charge is 2.33. The predicted molar refractivity (Wildman–Crippen MR) is 106 cm³/mol. The summed E-state index contributed by atoms with van der Waals surface area (Å²) in [6, 6.07) is 9.10. The van der Waals surface area contributed by atoms with Crippen LogP contribution in [-0.4, -0.2) is 35.4 Å². The number of esters is 1. The normalized spacial score (nSPS) is 13.2. The summed E-state index contributed by atoms with van der Waals surface area (Å²) >= 11 is 1.17. The number of anilines is 1. The molecule has 0 spiro atoms. The van der Waals surface area contributed by atoms with E-state index in [2.05, 4.69) is 0 Å². The van der Waals surface area contributed by atoms with Gasteiger partial charge in [0.05, 0.1) is 12.5 Å². The number of benzene rings is 1. The van der Waals surface area contributed by atoms with Crippen molar-refractivity contribution in [3.8, 4) is 0 Å². The zero-order valence-electron chi connectivity index (χ0n) is 16.2.